The number of hydrogen-bond donors (Lipinski definition) is 1. The van der Waals surface area contributed by atoms with Crippen molar-refractivity contribution in [2.45, 2.75) is 12.5 Å². The Balaban J connectivity index is 2.66. The maximum absolute atomic E-state index is 12.0. The molecule has 0 spiro atoms. The van der Waals surface area contributed by atoms with Gasteiger partial charge < -0.3 is 14.0 Å². The molecule has 1 heterocycles. The Morgan fingerprint density at radius 2 is 2.18 bits per heavy atom. The van der Waals surface area contributed by atoms with Gasteiger partial charge in [0.05, 0.1) is 27.2 Å². The van der Waals surface area contributed by atoms with Gasteiger partial charge in [-0.05, 0) is 0 Å². The summed E-state index contributed by atoms with van der Waals surface area (Å²) in [5.74, 6) is -0.693. The molecular formula is C8H14NO6PS. The smallest absolute Gasteiger partial charge is 0.327 e. The molecular weight excluding hydrogens is 269 g/mol. The predicted molar refractivity (Wildman–Crippen MR) is 61.6 cm³/mol. The van der Waals surface area contributed by atoms with Crippen molar-refractivity contribution in [3.05, 3.63) is 0 Å². The maximum Gasteiger partial charge on any atom is 0.327 e. The van der Waals surface area contributed by atoms with Crippen LogP contribution >= 0.6 is 18.1 Å². The van der Waals surface area contributed by atoms with Crippen LogP contribution in [0.25, 0.3) is 0 Å². The van der Waals surface area contributed by atoms with Gasteiger partial charge in [-0.25, -0.2) is 5.09 Å². The lowest BCUT2D eigenvalue weighted by Crippen LogP contribution is -2.37. The Morgan fingerprint density at radius 3 is 2.65 bits per heavy atom. The first kappa shape index (κ1) is 14.5. The molecule has 1 fully saturated rings. The van der Waals surface area contributed by atoms with E-state index in [4.69, 9.17) is 4.52 Å². The minimum Gasteiger partial charge on any atom is -0.469 e. The predicted octanol–water partition coefficient (Wildman–Crippen LogP) is 0.552. The molecule has 0 saturated carbocycles. The van der Waals surface area contributed by atoms with Crippen LogP contribution in [0.2, 0.25) is 0 Å². The summed E-state index contributed by atoms with van der Waals surface area (Å²) in [5.41, 5.74) is 0. The van der Waals surface area contributed by atoms with Crippen LogP contribution in [0.1, 0.15) is 6.42 Å². The molecule has 1 N–H and O–H groups in total. The van der Waals surface area contributed by atoms with Gasteiger partial charge in [0.25, 0.3) is 0 Å². The second-order valence-corrected chi connectivity index (χ2v) is 7.54. The highest BCUT2D eigenvalue weighted by atomic mass is 32.7. The van der Waals surface area contributed by atoms with E-state index in [1.165, 1.54) is 14.2 Å². The molecule has 1 aliphatic rings. The molecule has 0 amide bonds. The minimum atomic E-state index is -3.10. The van der Waals surface area contributed by atoms with Crippen LogP contribution < -0.4 is 5.09 Å². The Hall–Kier alpha value is -0.560. The Kier molecular flexibility index (Phi) is 5.45. The van der Waals surface area contributed by atoms with Crippen LogP contribution in [0.5, 0.6) is 0 Å². The molecule has 0 bridgehead atoms. The molecule has 0 radical (unpaired) electrons. The van der Waals surface area contributed by atoms with Crippen LogP contribution in [0, 0.1) is 0 Å². The van der Waals surface area contributed by atoms with Gasteiger partial charge >= 0.3 is 18.7 Å². The molecule has 2 atom stereocenters. The number of ether oxygens (including phenoxy) is 2. The average molecular weight is 283 g/mol. The fourth-order valence-electron chi connectivity index (χ4n) is 1.19. The quantitative estimate of drug-likeness (QED) is 0.578. The molecule has 17 heavy (non-hydrogen) atoms. The molecule has 7 nitrogen and oxygen atoms in total. The molecule has 1 saturated heterocycles. The van der Waals surface area contributed by atoms with Crippen molar-refractivity contribution in [3.8, 4) is 0 Å². The van der Waals surface area contributed by atoms with Crippen molar-refractivity contribution in [2.24, 2.45) is 0 Å². The van der Waals surface area contributed by atoms with Gasteiger partial charge in [0, 0.05) is 5.75 Å². The van der Waals surface area contributed by atoms with Crippen LogP contribution in [-0.4, -0.2) is 44.6 Å². The van der Waals surface area contributed by atoms with Crippen molar-refractivity contribution in [1.82, 2.24) is 5.09 Å². The Bertz CT molecular complexity index is 339. The summed E-state index contributed by atoms with van der Waals surface area (Å²) in [5, 5.41) is 2.53. The van der Waals surface area contributed by atoms with E-state index < -0.39 is 24.7 Å². The SMILES string of the molecule is COC(=O)C[C@H](NP1(=O)OCCS1)C(=O)OC. The van der Waals surface area contributed by atoms with E-state index in [0.29, 0.717) is 12.4 Å². The molecule has 0 aromatic carbocycles. The average Bonchev–Trinajstić information content (AvgIpc) is 2.73. The highest BCUT2D eigenvalue weighted by molar-refractivity contribution is 8.56. The number of esters is 2. The first-order chi connectivity index (χ1) is 8.00. The normalized spacial score (nSPS) is 25.3. The summed E-state index contributed by atoms with van der Waals surface area (Å²) in [7, 11) is 2.40. The van der Waals surface area contributed by atoms with Crippen molar-refractivity contribution >= 4 is 30.0 Å². The van der Waals surface area contributed by atoms with Gasteiger partial charge in [-0.15, -0.1) is 0 Å². The second kappa shape index (κ2) is 6.39. The van der Waals surface area contributed by atoms with Gasteiger partial charge in [-0.2, -0.15) is 0 Å². The summed E-state index contributed by atoms with van der Waals surface area (Å²) in [6.07, 6.45) is -0.253. The zero-order valence-electron chi connectivity index (χ0n) is 9.50. The fraction of sp³-hybridized carbons (Fsp3) is 0.750. The summed E-state index contributed by atoms with van der Waals surface area (Å²) in [6.45, 7) is -2.75. The lowest BCUT2D eigenvalue weighted by atomic mass is 10.2. The zero-order valence-corrected chi connectivity index (χ0v) is 11.2. The molecule has 1 aliphatic heterocycles. The third-order valence-corrected chi connectivity index (χ3v) is 6.04. The number of hydrogen-bond acceptors (Lipinski definition) is 7. The van der Waals surface area contributed by atoms with Crippen LogP contribution in [-0.2, 0) is 28.2 Å². The second-order valence-electron chi connectivity index (χ2n) is 3.15. The Labute approximate surface area is 103 Å². The van der Waals surface area contributed by atoms with E-state index in [9.17, 15) is 14.2 Å². The van der Waals surface area contributed by atoms with Crippen molar-refractivity contribution < 1.29 is 28.2 Å². The molecule has 1 unspecified atom stereocenters. The first-order valence-corrected chi connectivity index (χ1v) is 8.04. The number of nitrogens with one attached hydrogen (secondary N) is 1. The molecule has 0 aromatic rings. The summed E-state index contributed by atoms with van der Waals surface area (Å²) >= 11 is 1.10. The lowest BCUT2D eigenvalue weighted by molar-refractivity contribution is -0.149. The van der Waals surface area contributed by atoms with E-state index in [0.717, 1.165) is 11.4 Å². The van der Waals surface area contributed by atoms with Crippen LogP contribution in [0.4, 0.5) is 0 Å². The minimum absolute atomic E-state index is 0.253. The van der Waals surface area contributed by atoms with Gasteiger partial charge in [0.1, 0.15) is 6.04 Å². The van der Waals surface area contributed by atoms with Gasteiger partial charge in [0.2, 0.25) is 0 Å². The summed E-state index contributed by atoms with van der Waals surface area (Å²) < 4.78 is 26.0. The maximum atomic E-state index is 12.0. The van der Waals surface area contributed by atoms with E-state index in [-0.39, 0.29) is 6.42 Å². The highest BCUT2D eigenvalue weighted by Crippen LogP contribution is 2.60. The number of rotatable bonds is 5. The first-order valence-electron chi connectivity index (χ1n) is 4.82. The standard InChI is InChI=1S/C8H14NO6PS/c1-13-7(10)5-6(8(11)14-2)9-16(12)15-3-4-17-16/h6H,3-5H2,1-2H3,(H,9,12)/t6-,16?/m0/s1. The third kappa shape index (κ3) is 4.31. The molecule has 0 aromatic heterocycles. The van der Waals surface area contributed by atoms with Crippen LogP contribution in [0.3, 0.4) is 0 Å². The summed E-state index contributed by atoms with van der Waals surface area (Å²) in [4.78, 5) is 22.5. The number of carbonyl (C=O) groups excluding carboxylic acids is 2. The fourth-order valence-corrected chi connectivity index (χ4v) is 4.84. The van der Waals surface area contributed by atoms with E-state index >= 15 is 0 Å². The van der Waals surface area contributed by atoms with Crippen molar-refractivity contribution in [3.63, 3.8) is 0 Å². The van der Waals surface area contributed by atoms with Crippen molar-refractivity contribution in [1.29, 1.82) is 0 Å². The number of carbonyl (C=O) groups is 2. The highest BCUT2D eigenvalue weighted by Gasteiger charge is 2.36. The Morgan fingerprint density at radius 1 is 1.47 bits per heavy atom. The van der Waals surface area contributed by atoms with E-state index in [1.807, 2.05) is 0 Å². The van der Waals surface area contributed by atoms with Gasteiger partial charge in [-0.1, -0.05) is 11.4 Å². The largest absolute Gasteiger partial charge is 0.469 e. The molecule has 0 aliphatic carbocycles. The topological polar surface area (TPSA) is 90.9 Å². The lowest BCUT2D eigenvalue weighted by Gasteiger charge is -2.18. The molecule has 9 heteroatoms. The zero-order chi connectivity index (χ0) is 12.9. The van der Waals surface area contributed by atoms with Crippen molar-refractivity contribution in [2.75, 3.05) is 26.6 Å². The van der Waals surface area contributed by atoms with Gasteiger partial charge in [-0.3, -0.25) is 14.2 Å². The summed E-state index contributed by atoms with van der Waals surface area (Å²) in [6, 6.07) is -1.02. The van der Waals surface area contributed by atoms with Gasteiger partial charge in [0.15, 0.2) is 0 Å². The van der Waals surface area contributed by atoms with E-state index in [2.05, 4.69) is 14.6 Å². The van der Waals surface area contributed by atoms with E-state index in [1.54, 1.807) is 0 Å². The molecule has 1 rings (SSSR count). The number of methoxy groups -OCH3 is 2. The monoisotopic (exact) mass is 283 g/mol. The third-order valence-electron chi connectivity index (χ3n) is 2.00. The van der Waals surface area contributed by atoms with Crippen LogP contribution in [0.15, 0.2) is 0 Å². The molecule has 98 valence electrons.